The summed E-state index contributed by atoms with van der Waals surface area (Å²) in [5, 5.41) is 0.0535. The predicted molar refractivity (Wildman–Crippen MR) is 61.5 cm³/mol. The Morgan fingerprint density at radius 3 is 2.29 bits per heavy atom. The van der Waals surface area contributed by atoms with Gasteiger partial charge in [0, 0.05) is 6.42 Å². The van der Waals surface area contributed by atoms with E-state index in [0.717, 1.165) is 25.7 Å². The van der Waals surface area contributed by atoms with E-state index in [-0.39, 0.29) is 16.1 Å². The first-order valence-corrected chi connectivity index (χ1v) is 6.19. The maximum Gasteiger partial charge on any atom is 0.189 e. The third kappa shape index (κ3) is 6.19. The van der Waals surface area contributed by atoms with Crippen molar-refractivity contribution in [1.82, 2.24) is 0 Å². The molecule has 14 heavy (non-hydrogen) atoms. The molecular weight excluding hydrogens is 196 g/mol. The molecule has 0 amide bonds. The summed E-state index contributed by atoms with van der Waals surface area (Å²) in [6, 6.07) is 0. The number of carbonyl (C=O) groups is 2. The van der Waals surface area contributed by atoms with Crippen LogP contribution in [0.25, 0.3) is 0 Å². The van der Waals surface area contributed by atoms with E-state index in [4.69, 9.17) is 0 Å². The predicted octanol–water partition coefficient (Wildman–Crippen LogP) is 3.19. The molecule has 0 N–H and O–H groups in total. The van der Waals surface area contributed by atoms with Crippen molar-refractivity contribution in [3.8, 4) is 0 Å². The molecule has 0 aromatic heterocycles. The number of unbranched alkanes of at least 4 members (excludes halogenated alkanes) is 1. The zero-order valence-corrected chi connectivity index (χ0v) is 10.2. The van der Waals surface area contributed by atoms with E-state index in [1.54, 1.807) is 6.92 Å². The van der Waals surface area contributed by atoms with Gasteiger partial charge in [0.15, 0.2) is 5.12 Å². The maximum absolute atomic E-state index is 11.3. The van der Waals surface area contributed by atoms with Gasteiger partial charge in [0.2, 0.25) is 0 Å². The first kappa shape index (κ1) is 13.7. The number of Topliss-reactive ketones (excluding diaryl/α,β-unsaturated/α-hetero) is 1. The molecule has 0 spiro atoms. The molecule has 0 aliphatic heterocycles. The molecule has 82 valence electrons. The van der Waals surface area contributed by atoms with Gasteiger partial charge in [0.1, 0.15) is 5.78 Å². The quantitative estimate of drug-likeness (QED) is 0.655. The summed E-state index contributed by atoms with van der Waals surface area (Å²) in [4.78, 5) is 22.5. The fraction of sp³-hybridized carbons (Fsp3) is 0.818. The van der Waals surface area contributed by atoms with Gasteiger partial charge in [-0.3, -0.25) is 9.59 Å². The molecule has 0 saturated heterocycles. The summed E-state index contributed by atoms with van der Waals surface area (Å²) >= 11 is 1.23. The van der Waals surface area contributed by atoms with Crippen LogP contribution in [-0.2, 0) is 9.59 Å². The molecule has 2 nitrogen and oxygen atoms in total. The molecule has 3 heteroatoms. The van der Waals surface area contributed by atoms with E-state index in [0.29, 0.717) is 6.42 Å². The molecule has 0 aromatic rings. The van der Waals surface area contributed by atoms with E-state index in [1.807, 2.05) is 6.92 Å². The Bertz CT molecular complexity index is 190. The highest BCUT2D eigenvalue weighted by Crippen LogP contribution is 2.21. The van der Waals surface area contributed by atoms with E-state index in [9.17, 15) is 9.59 Å². The lowest BCUT2D eigenvalue weighted by Crippen LogP contribution is -2.16. The number of thioether (sulfide) groups is 1. The van der Waals surface area contributed by atoms with Gasteiger partial charge in [-0.15, -0.1) is 0 Å². The maximum atomic E-state index is 11.3. The Morgan fingerprint density at radius 1 is 1.21 bits per heavy atom. The lowest BCUT2D eigenvalue weighted by Gasteiger charge is -2.11. The third-order valence-corrected chi connectivity index (χ3v) is 3.32. The summed E-state index contributed by atoms with van der Waals surface area (Å²) < 4.78 is 0. The van der Waals surface area contributed by atoms with Gasteiger partial charge in [-0.1, -0.05) is 38.5 Å². The number of hydrogen-bond donors (Lipinski definition) is 0. The van der Waals surface area contributed by atoms with Crippen LogP contribution in [0.2, 0.25) is 0 Å². The molecule has 0 heterocycles. The number of rotatable bonds is 7. The summed E-state index contributed by atoms with van der Waals surface area (Å²) in [7, 11) is 0. The van der Waals surface area contributed by atoms with Crippen molar-refractivity contribution in [2.45, 2.75) is 58.1 Å². The molecule has 0 bridgehead atoms. The van der Waals surface area contributed by atoms with Crippen LogP contribution < -0.4 is 0 Å². The molecule has 0 aliphatic rings. The normalized spacial score (nSPS) is 12.5. The monoisotopic (exact) mass is 216 g/mol. The van der Waals surface area contributed by atoms with Crippen LogP contribution in [0.15, 0.2) is 0 Å². The van der Waals surface area contributed by atoms with Crippen LogP contribution in [0.3, 0.4) is 0 Å². The Balaban J connectivity index is 3.95. The van der Waals surface area contributed by atoms with Crippen LogP contribution in [0, 0.1) is 0 Å². The van der Waals surface area contributed by atoms with Crippen molar-refractivity contribution in [3.05, 3.63) is 0 Å². The van der Waals surface area contributed by atoms with Crippen molar-refractivity contribution in [1.29, 1.82) is 0 Å². The standard InChI is InChI=1S/C11H20O2S/c1-4-6-8-10(9(3)12)14-11(13)7-5-2/h10H,4-8H2,1-3H3. The fourth-order valence-electron chi connectivity index (χ4n) is 1.16. The minimum atomic E-state index is -0.103. The summed E-state index contributed by atoms with van der Waals surface area (Å²) in [5.41, 5.74) is 0. The molecule has 0 fully saturated rings. The number of carbonyl (C=O) groups excluding carboxylic acids is 2. The van der Waals surface area contributed by atoms with Crippen molar-refractivity contribution in [3.63, 3.8) is 0 Å². The zero-order valence-electron chi connectivity index (χ0n) is 9.34. The highest BCUT2D eigenvalue weighted by molar-refractivity contribution is 8.14. The van der Waals surface area contributed by atoms with Gasteiger partial charge < -0.3 is 0 Å². The average Bonchev–Trinajstić information content (AvgIpc) is 2.12. The van der Waals surface area contributed by atoms with Crippen LogP contribution in [-0.4, -0.2) is 16.1 Å². The van der Waals surface area contributed by atoms with Gasteiger partial charge in [-0.25, -0.2) is 0 Å². The Morgan fingerprint density at radius 2 is 1.86 bits per heavy atom. The van der Waals surface area contributed by atoms with E-state index < -0.39 is 0 Å². The SMILES string of the molecule is CCCCC(SC(=O)CCC)C(C)=O. The average molecular weight is 216 g/mol. The van der Waals surface area contributed by atoms with Crippen LogP contribution in [0.5, 0.6) is 0 Å². The molecule has 0 rings (SSSR count). The van der Waals surface area contributed by atoms with Crippen molar-refractivity contribution < 1.29 is 9.59 Å². The summed E-state index contributed by atoms with van der Waals surface area (Å²) in [6.45, 7) is 5.65. The first-order chi connectivity index (χ1) is 6.61. The molecule has 1 unspecified atom stereocenters. The van der Waals surface area contributed by atoms with Crippen LogP contribution >= 0.6 is 11.8 Å². The third-order valence-electron chi connectivity index (χ3n) is 2.00. The lowest BCUT2D eigenvalue weighted by atomic mass is 10.1. The molecular formula is C11H20O2S. The van der Waals surface area contributed by atoms with Gasteiger partial charge in [0.05, 0.1) is 5.25 Å². The Kier molecular flexibility index (Phi) is 7.86. The molecule has 0 aliphatic carbocycles. The molecule has 0 radical (unpaired) electrons. The van der Waals surface area contributed by atoms with Gasteiger partial charge >= 0.3 is 0 Å². The fourth-order valence-corrected chi connectivity index (χ4v) is 2.25. The first-order valence-electron chi connectivity index (χ1n) is 5.31. The van der Waals surface area contributed by atoms with Crippen LogP contribution in [0.1, 0.15) is 52.9 Å². The second kappa shape index (κ2) is 8.04. The smallest absolute Gasteiger partial charge is 0.189 e. The summed E-state index contributed by atoms with van der Waals surface area (Å²) in [5.74, 6) is 0.132. The minimum Gasteiger partial charge on any atom is -0.299 e. The molecule has 0 aromatic carbocycles. The Labute approximate surface area is 90.8 Å². The second-order valence-corrected chi connectivity index (χ2v) is 4.74. The van der Waals surface area contributed by atoms with Crippen molar-refractivity contribution >= 4 is 22.7 Å². The summed E-state index contributed by atoms with van der Waals surface area (Å²) in [6.07, 6.45) is 4.39. The second-order valence-electron chi connectivity index (χ2n) is 3.48. The van der Waals surface area contributed by atoms with Gasteiger partial charge in [0.25, 0.3) is 0 Å². The molecule has 1 atom stereocenters. The van der Waals surface area contributed by atoms with Gasteiger partial charge in [-0.05, 0) is 19.8 Å². The number of ketones is 1. The van der Waals surface area contributed by atoms with Gasteiger partial charge in [-0.2, -0.15) is 0 Å². The highest BCUT2D eigenvalue weighted by atomic mass is 32.2. The van der Waals surface area contributed by atoms with Crippen LogP contribution in [0.4, 0.5) is 0 Å². The number of hydrogen-bond acceptors (Lipinski definition) is 3. The zero-order chi connectivity index (χ0) is 11.0. The topological polar surface area (TPSA) is 34.1 Å². The van der Waals surface area contributed by atoms with Crippen molar-refractivity contribution in [2.75, 3.05) is 0 Å². The minimum absolute atomic E-state index is 0.103. The van der Waals surface area contributed by atoms with E-state index in [1.165, 1.54) is 11.8 Å². The van der Waals surface area contributed by atoms with E-state index in [2.05, 4.69) is 6.92 Å². The largest absolute Gasteiger partial charge is 0.299 e. The van der Waals surface area contributed by atoms with E-state index >= 15 is 0 Å². The Hall–Kier alpha value is -0.310. The highest BCUT2D eigenvalue weighted by Gasteiger charge is 2.17. The van der Waals surface area contributed by atoms with Crippen molar-refractivity contribution in [2.24, 2.45) is 0 Å². The lowest BCUT2D eigenvalue weighted by molar-refractivity contribution is -0.117. The molecule has 0 saturated carbocycles.